The highest BCUT2D eigenvalue weighted by Crippen LogP contribution is 2.33. The van der Waals surface area contributed by atoms with E-state index in [-0.39, 0.29) is 0 Å². The fourth-order valence-corrected chi connectivity index (χ4v) is 2.76. The number of fused-ring (bicyclic) bond motifs is 1. The highest BCUT2D eigenvalue weighted by atomic mass is 16.6. The molecule has 0 spiro atoms. The molecule has 1 aliphatic rings. The fraction of sp³-hybridized carbons (Fsp3) is 0.647. The van der Waals surface area contributed by atoms with Crippen LogP contribution in [0.2, 0.25) is 0 Å². The van der Waals surface area contributed by atoms with Gasteiger partial charge in [0.2, 0.25) is 0 Å². The maximum Gasteiger partial charge on any atom is 0.161 e. The van der Waals surface area contributed by atoms with Crippen LogP contribution in [0, 0.1) is 0 Å². The van der Waals surface area contributed by atoms with Crippen molar-refractivity contribution in [3.8, 4) is 11.5 Å². The normalized spacial score (nSPS) is 15.2. The molecule has 1 heterocycles. The van der Waals surface area contributed by atoms with Gasteiger partial charge < -0.3 is 19.7 Å². The number of rotatable bonds is 8. The van der Waals surface area contributed by atoms with Gasteiger partial charge in [-0.1, -0.05) is 26.8 Å². The average molecular weight is 292 g/mol. The van der Waals surface area contributed by atoms with Crippen molar-refractivity contribution < 1.29 is 9.47 Å². The van der Waals surface area contributed by atoms with Gasteiger partial charge in [-0.25, -0.2) is 0 Å². The molecule has 0 saturated carbocycles. The van der Waals surface area contributed by atoms with Gasteiger partial charge >= 0.3 is 0 Å². The third kappa shape index (κ3) is 4.35. The Bertz CT molecular complexity index is 433. The van der Waals surface area contributed by atoms with Crippen LogP contribution < -0.4 is 14.8 Å². The van der Waals surface area contributed by atoms with Gasteiger partial charge in [0, 0.05) is 6.04 Å². The molecule has 1 aromatic rings. The van der Waals surface area contributed by atoms with Gasteiger partial charge in [-0.3, -0.25) is 0 Å². The molecule has 1 atom stereocenters. The summed E-state index contributed by atoms with van der Waals surface area (Å²) in [5.41, 5.74) is 1.29. The lowest BCUT2D eigenvalue weighted by Crippen LogP contribution is -2.29. The number of ether oxygens (including phenoxy) is 2. The Morgan fingerprint density at radius 2 is 1.81 bits per heavy atom. The third-order valence-corrected chi connectivity index (χ3v) is 4.05. The van der Waals surface area contributed by atoms with Gasteiger partial charge in [-0.15, -0.1) is 0 Å². The van der Waals surface area contributed by atoms with E-state index in [1.807, 2.05) is 6.07 Å². The summed E-state index contributed by atoms with van der Waals surface area (Å²) in [5, 5.41) is 3.59. The monoisotopic (exact) mass is 292 g/mol. The predicted molar refractivity (Wildman–Crippen MR) is 86.3 cm³/mol. The molecular formula is C17H28N2O2. The van der Waals surface area contributed by atoms with E-state index in [0.29, 0.717) is 19.3 Å². The van der Waals surface area contributed by atoms with E-state index in [4.69, 9.17) is 9.47 Å². The molecule has 0 bridgehead atoms. The lowest BCUT2D eigenvalue weighted by molar-refractivity contribution is 0.171. The maximum absolute atomic E-state index is 5.70. The van der Waals surface area contributed by atoms with Crippen molar-refractivity contribution in [3.05, 3.63) is 23.8 Å². The Labute approximate surface area is 128 Å². The van der Waals surface area contributed by atoms with E-state index in [0.717, 1.165) is 44.1 Å². The van der Waals surface area contributed by atoms with Crippen molar-refractivity contribution in [1.82, 2.24) is 10.2 Å². The van der Waals surface area contributed by atoms with Crippen LogP contribution in [0.3, 0.4) is 0 Å². The van der Waals surface area contributed by atoms with Crippen LogP contribution in [0.1, 0.15) is 38.8 Å². The second kappa shape index (κ2) is 8.25. The van der Waals surface area contributed by atoms with E-state index in [1.165, 1.54) is 5.56 Å². The molecule has 0 radical (unpaired) electrons. The smallest absolute Gasteiger partial charge is 0.161 e. The lowest BCUT2D eigenvalue weighted by Gasteiger charge is -2.25. The van der Waals surface area contributed by atoms with Crippen LogP contribution in [0.15, 0.2) is 18.2 Å². The van der Waals surface area contributed by atoms with Gasteiger partial charge in [0.05, 0.1) is 0 Å². The molecular weight excluding hydrogens is 264 g/mol. The van der Waals surface area contributed by atoms with Crippen molar-refractivity contribution in [2.45, 2.75) is 33.2 Å². The van der Waals surface area contributed by atoms with E-state index < -0.39 is 0 Å². The van der Waals surface area contributed by atoms with Crippen LogP contribution in [0.25, 0.3) is 0 Å². The largest absolute Gasteiger partial charge is 0.486 e. The Kier molecular flexibility index (Phi) is 6.33. The summed E-state index contributed by atoms with van der Waals surface area (Å²) in [6.07, 6.45) is 1.11. The molecule has 4 heteroatoms. The zero-order valence-corrected chi connectivity index (χ0v) is 13.5. The van der Waals surface area contributed by atoms with E-state index >= 15 is 0 Å². The summed E-state index contributed by atoms with van der Waals surface area (Å²) in [7, 11) is 0. The van der Waals surface area contributed by atoms with Gasteiger partial charge in [-0.2, -0.15) is 0 Å². The van der Waals surface area contributed by atoms with Gasteiger partial charge in [0.1, 0.15) is 13.2 Å². The molecule has 0 aromatic heterocycles. The Balaban J connectivity index is 2.06. The third-order valence-electron chi connectivity index (χ3n) is 4.05. The molecule has 2 rings (SSSR count). The zero-order chi connectivity index (χ0) is 15.1. The van der Waals surface area contributed by atoms with Crippen molar-refractivity contribution in [2.24, 2.45) is 0 Å². The SMILES string of the molecule is CCNC(CCN(CC)CC)c1ccc2c(c1)OCCO2. The zero-order valence-electron chi connectivity index (χ0n) is 13.5. The first kappa shape index (κ1) is 16.1. The van der Waals surface area contributed by atoms with Crippen LogP contribution in [-0.4, -0.2) is 44.3 Å². The van der Waals surface area contributed by atoms with Crippen LogP contribution in [0.5, 0.6) is 11.5 Å². The highest BCUT2D eigenvalue weighted by Gasteiger charge is 2.17. The van der Waals surface area contributed by atoms with E-state index in [9.17, 15) is 0 Å². The summed E-state index contributed by atoms with van der Waals surface area (Å²) in [6, 6.07) is 6.69. The van der Waals surface area contributed by atoms with Crippen molar-refractivity contribution in [3.63, 3.8) is 0 Å². The van der Waals surface area contributed by atoms with Crippen LogP contribution >= 0.6 is 0 Å². The lowest BCUT2D eigenvalue weighted by atomic mass is 10.0. The van der Waals surface area contributed by atoms with E-state index in [1.54, 1.807) is 0 Å². The minimum atomic E-state index is 0.367. The second-order valence-electron chi connectivity index (χ2n) is 5.33. The first-order valence-corrected chi connectivity index (χ1v) is 8.13. The number of nitrogens with one attached hydrogen (secondary N) is 1. The standard InChI is InChI=1S/C17H28N2O2/c1-4-18-15(9-10-19(5-2)6-3)14-7-8-16-17(13-14)21-12-11-20-16/h7-8,13,15,18H,4-6,9-12H2,1-3H3. The topological polar surface area (TPSA) is 33.7 Å². The predicted octanol–water partition coefficient (Wildman–Crippen LogP) is 2.84. The average Bonchev–Trinajstić information content (AvgIpc) is 2.54. The molecule has 4 nitrogen and oxygen atoms in total. The first-order valence-electron chi connectivity index (χ1n) is 8.13. The van der Waals surface area contributed by atoms with Crippen molar-refractivity contribution in [1.29, 1.82) is 0 Å². The summed E-state index contributed by atoms with van der Waals surface area (Å²) >= 11 is 0. The Morgan fingerprint density at radius 3 is 2.48 bits per heavy atom. The van der Waals surface area contributed by atoms with Gasteiger partial charge in [0.15, 0.2) is 11.5 Å². The molecule has 118 valence electrons. The molecule has 0 amide bonds. The number of benzene rings is 1. The molecule has 0 saturated heterocycles. The Hall–Kier alpha value is -1.26. The number of hydrogen-bond donors (Lipinski definition) is 1. The highest BCUT2D eigenvalue weighted by molar-refractivity contribution is 5.44. The summed E-state index contributed by atoms with van der Waals surface area (Å²) in [5.74, 6) is 1.74. The summed E-state index contributed by atoms with van der Waals surface area (Å²) < 4.78 is 11.3. The molecule has 0 fully saturated rings. The molecule has 1 aromatic carbocycles. The molecule has 0 aliphatic carbocycles. The quantitative estimate of drug-likeness (QED) is 0.799. The van der Waals surface area contributed by atoms with Crippen LogP contribution in [-0.2, 0) is 0 Å². The molecule has 1 unspecified atom stereocenters. The second-order valence-corrected chi connectivity index (χ2v) is 5.33. The molecule has 1 aliphatic heterocycles. The first-order chi connectivity index (χ1) is 10.3. The molecule has 1 N–H and O–H groups in total. The van der Waals surface area contributed by atoms with Crippen LogP contribution in [0.4, 0.5) is 0 Å². The Morgan fingerprint density at radius 1 is 1.10 bits per heavy atom. The van der Waals surface area contributed by atoms with E-state index in [2.05, 4.69) is 43.1 Å². The summed E-state index contributed by atoms with van der Waals surface area (Å²) in [4.78, 5) is 2.46. The van der Waals surface area contributed by atoms with Crippen molar-refractivity contribution in [2.75, 3.05) is 39.4 Å². The summed E-state index contributed by atoms with van der Waals surface area (Å²) in [6.45, 7) is 12.2. The van der Waals surface area contributed by atoms with Gasteiger partial charge in [-0.05, 0) is 50.3 Å². The number of nitrogens with zero attached hydrogens (tertiary/aromatic N) is 1. The van der Waals surface area contributed by atoms with Crippen molar-refractivity contribution >= 4 is 0 Å². The van der Waals surface area contributed by atoms with Gasteiger partial charge in [0.25, 0.3) is 0 Å². The maximum atomic E-state index is 5.70. The minimum absolute atomic E-state index is 0.367. The minimum Gasteiger partial charge on any atom is -0.486 e. The number of hydrogen-bond acceptors (Lipinski definition) is 4. The fourth-order valence-electron chi connectivity index (χ4n) is 2.76. The molecule has 21 heavy (non-hydrogen) atoms.